The third-order valence-corrected chi connectivity index (χ3v) is 7.44. The lowest BCUT2D eigenvalue weighted by molar-refractivity contribution is -0.384. The van der Waals surface area contributed by atoms with Crippen molar-refractivity contribution in [1.29, 1.82) is 5.41 Å². The van der Waals surface area contributed by atoms with Gasteiger partial charge in [-0.15, -0.1) is 0 Å². The minimum atomic E-state index is -0.587. The molecule has 0 saturated carbocycles. The van der Waals surface area contributed by atoms with Crippen LogP contribution >= 0.6 is 11.6 Å². The largest absolute Gasteiger partial charge is 0.460 e. The van der Waals surface area contributed by atoms with E-state index in [1.54, 1.807) is 25.1 Å². The Morgan fingerprint density at radius 2 is 2.04 bits per heavy atom. The average molecular weight is 653 g/mol. The second-order valence-electron chi connectivity index (χ2n) is 10.8. The number of aromatic nitrogens is 2. The molecule has 2 aliphatic heterocycles. The summed E-state index contributed by atoms with van der Waals surface area (Å²) < 4.78 is 31.1. The molecule has 13 nitrogen and oxygen atoms in total. The first-order valence-electron chi connectivity index (χ1n) is 14.5. The van der Waals surface area contributed by atoms with Gasteiger partial charge in [-0.05, 0) is 49.8 Å². The van der Waals surface area contributed by atoms with Crippen molar-refractivity contribution < 1.29 is 23.5 Å². The van der Waals surface area contributed by atoms with Gasteiger partial charge >= 0.3 is 0 Å². The van der Waals surface area contributed by atoms with Crippen molar-refractivity contribution in [2.45, 2.75) is 32.8 Å². The highest BCUT2D eigenvalue weighted by Gasteiger charge is 2.41. The molecule has 242 valence electrons. The SMILES string of the molecule is C/C(=C/C(=N)N=C(N)/C=C(/CN1CCOCC1)c1nc(Cc2ccc(Cl)cc2F)c(C)[nH]1)NC1OC1Oc1ccc([N+](=O)[O-])cc1. The Morgan fingerprint density at radius 1 is 1.30 bits per heavy atom. The highest BCUT2D eigenvalue weighted by molar-refractivity contribution is 6.30. The number of amidine groups is 2. The van der Waals surface area contributed by atoms with Gasteiger partial charge in [-0.1, -0.05) is 17.7 Å². The first kappa shape index (κ1) is 32.8. The predicted octanol–water partition coefficient (Wildman–Crippen LogP) is 4.31. The summed E-state index contributed by atoms with van der Waals surface area (Å²) in [7, 11) is 0. The number of hydrogen-bond acceptors (Lipinski definition) is 9. The summed E-state index contributed by atoms with van der Waals surface area (Å²) in [4.78, 5) is 24.9. The molecule has 46 heavy (non-hydrogen) atoms. The Balaban J connectivity index is 1.25. The molecule has 2 aromatic carbocycles. The molecule has 2 fully saturated rings. The number of aryl methyl sites for hydroxylation is 1. The molecule has 1 aromatic heterocycles. The summed E-state index contributed by atoms with van der Waals surface area (Å²) in [5, 5.41) is 22.6. The quantitative estimate of drug-likeness (QED) is 0.0729. The first-order valence-corrected chi connectivity index (χ1v) is 14.9. The van der Waals surface area contributed by atoms with Gasteiger partial charge in [0.1, 0.15) is 29.1 Å². The molecule has 5 rings (SSSR count). The highest BCUT2D eigenvalue weighted by atomic mass is 35.5. The van der Waals surface area contributed by atoms with Crippen LogP contribution in [-0.2, 0) is 15.9 Å². The Kier molecular flexibility index (Phi) is 10.4. The Morgan fingerprint density at radius 3 is 2.74 bits per heavy atom. The number of halogens is 2. The Hall–Kier alpha value is -4.63. The standard InChI is InChI=1S/C31H34ClFN8O5/c1-18(36-30-31(46-30)45-24-7-5-23(6-8-24)41(42)43)13-27(34)39-28(35)15-21(17-40-9-11-44-12-10-40)29-37-19(2)26(38-29)14-20-3-4-22(32)16-25(20)33/h3-8,13,15-16,30-31,36H,9-12,14,17H2,1-2H3,(H,37,38)(H3,34,35,39)/b18-13-,21-15-. The number of nitrogens with two attached hydrogens (primary N) is 1. The number of aliphatic imine (C=N–C) groups is 1. The number of allylic oxidation sites excluding steroid dienone is 1. The summed E-state index contributed by atoms with van der Waals surface area (Å²) in [6, 6.07) is 10.3. The van der Waals surface area contributed by atoms with E-state index in [-0.39, 0.29) is 23.8 Å². The number of epoxide rings is 1. The van der Waals surface area contributed by atoms with Crippen molar-refractivity contribution in [2.24, 2.45) is 10.7 Å². The number of nitro benzene ring substituents is 1. The summed E-state index contributed by atoms with van der Waals surface area (Å²) in [6.45, 7) is 6.84. The number of nitrogens with zero attached hydrogens (tertiary/aromatic N) is 4. The fourth-order valence-electron chi connectivity index (χ4n) is 4.78. The number of rotatable bonds is 12. The number of benzene rings is 2. The molecule has 0 radical (unpaired) electrons. The number of aromatic amines is 1. The van der Waals surface area contributed by atoms with Gasteiger partial charge in [-0.25, -0.2) is 14.4 Å². The smallest absolute Gasteiger partial charge is 0.269 e. The second kappa shape index (κ2) is 14.6. The van der Waals surface area contributed by atoms with E-state index in [1.165, 1.54) is 36.4 Å². The highest BCUT2D eigenvalue weighted by Crippen LogP contribution is 2.27. The summed E-state index contributed by atoms with van der Waals surface area (Å²) in [6.07, 6.45) is 2.42. The molecule has 5 N–H and O–H groups in total. The predicted molar refractivity (Wildman–Crippen MR) is 171 cm³/mol. The van der Waals surface area contributed by atoms with Crippen molar-refractivity contribution in [3.8, 4) is 5.75 Å². The molecular weight excluding hydrogens is 619 g/mol. The van der Waals surface area contributed by atoms with Crippen molar-refractivity contribution in [2.75, 3.05) is 32.8 Å². The third kappa shape index (κ3) is 8.97. The van der Waals surface area contributed by atoms with Crippen LogP contribution in [0.2, 0.25) is 5.02 Å². The number of non-ortho nitro benzene ring substituents is 1. The van der Waals surface area contributed by atoms with Crippen molar-refractivity contribution >= 4 is 34.5 Å². The van der Waals surface area contributed by atoms with Gasteiger partial charge in [0.05, 0.1) is 23.8 Å². The van der Waals surface area contributed by atoms with Gasteiger partial charge in [0, 0.05) is 66.3 Å². The van der Waals surface area contributed by atoms with Crippen LogP contribution in [0, 0.1) is 28.3 Å². The molecule has 3 aromatic rings. The minimum absolute atomic E-state index is 0.0335. The molecule has 3 heterocycles. The van der Waals surface area contributed by atoms with E-state index < -0.39 is 23.3 Å². The molecule has 2 saturated heterocycles. The van der Waals surface area contributed by atoms with Crippen LogP contribution in [0.25, 0.3) is 5.57 Å². The van der Waals surface area contributed by atoms with Crippen LogP contribution in [0.15, 0.2) is 65.3 Å². The number of H-pyrrole nitrogens is 1. The van der Waals surface area contributed by atoms with Gasteiger partial charge < -0.3 is 30.2 Å². The maximum absolute atomic E-state index is 14.5. The maximum Gasteiger partial charge on any atom is 0.269 e. The number of hydrogen-bond donors (Lipinski definition) is 4. The maximum atomic E-state index is 14.5. The van der Waals surface area contributed by atoms with Gasteiger partial charge in [-0.2, -0.15) is 0 Å². The summed E-state index contributed by atoms with van der Waals surface area (Å²) in [5.74, 6) is 0.638. The van der Waals surface area contributed by atoms with Crippen molar-refractivity contribution in [3.05, 3.63) is 104 Å². The van der Waals surface area contributed by atoms with Crippen LogP contribution in [0.1, 0.15) is 29.7 Å². The number of morpholine rings is 1. The van der Waals surface area contributed by atoms with E-state index in [9.17, 15) is 14.5 Å². The molecule has 2 atom stereocenters. The van der Waals surface area contributed by atoms with Crippen LogP contribution in [0.5, 0.6) is 5.75 Å². The fourth-order valence-corrected chi connectivity index (χ4v) is 4.94. The molecule has 2 unspecified atom stereocenters. The minimum Gasteiger partial charge on any atom is -0.460 e. The molecule has 0 spiro atoms. The third-order valence-electron chi connectivity index (χ3n) is 7.21. The zero-order valence-corrected chi connectivity index (χ0v) is 26.0. The molecule has 15 heteroatoms. The molecule has 0 aliphatic carbocycles. The second-order valence-corrected chi connectivity index (χ2v) is 11.3. The number of ether oxygens (including phenoxy) is 3. The van der Waals surface area contributed by atoms with E-state index in [1.807, 2.05) is 6.92 Å². The zero-order chi connectivity index (χ0) is 32.8. The molecule has 0 bridgehead atoms. The molecular formula is C31H34ClFN8O5. The number of nitrogens with one attached hydrogen (secondary N) is 3. The molecule has 0 amide bonds. The normalized spacial score (nSPS) is 19.2. The summed E-state index contributed by atoms with van der Waals surface area (Å²) >= 11 is 5.92. The van der Waals surface area contributed by atoms with Crippen LogP contribution in [0.3, 0.4) is 0 Å². The Labute approximate surface area is 269 Å². The van der Waals surface area contributed by atoms with Gasteiger partial charge in [0.15, 0.2) is 6.23 Å². The van der Waals surface area contributed by atoms with Crippen LogP contribution in [-0.4, -0.2) is 76.8 Å². The fraction of sp³-hybridized carbons (Fsp3) is 0.323. The first-order chi connectivity index (χ1) is 22.0. The van der Waals surface area contributed by atoms with Gasteiger partial charge in [-0.3, -0.25) is 20.4 Å². The van der Waals surface area contributed by atoms with Gasteiger partial charge in [0.2, 0.25) is 6.29 Å². The van der Waals surface area contributed by atoms with E-state index in [0.717, 1.165) is 24.4 Å². The number of imidazole rings is 1. The lowest BCUT2D eigenvalue weighted by atomic mass is 10.1. The van der Waals surface area contributed by atoms with Gasteiger partial charge in [0.25, 0.3) is 5.69 Å². The molecule has 2 aliphatic rings. The van der Waals surface area contributed by atoms with Crippen molar-refractivity contribution in [3.63, 3.8) is 0 Å². The van der Waals surface area contributed by atoms with E-state index in [0.29, 0.717) is 53.3 Å². The number of nitro groups is 1. The topological polar surface area (TPSA) is 180 Å². The average Bonchev–Trinajstić information content (AvgIpc) is 3.61. The van der Waals surface area contributed by atoms with E-state index in [4.69, 9.17) is 41.9 Å². The zero-order valence-electron chi connectivity index (χ0n) is 25.3. The monoisotopic (exact) mass is 652 g/mol. The lowest BCUT2D eigenvalue weighted by Gasteiger charge is -2.27. The van der Waals surface area contributed by atoms with E-state index in [2.05, 4.69) is 20.2 Å². The summed E-state index contributed by atoms with van der Waals surface area (Å²) in [5.41, 5.74) is 9.59. The van der Waals surface area contributed by atoms with Crippen LogP contribution < -0.4 is 15.8 Å². The lowest BCUT2D eigenvalue weighted by Crippen LogP contribution is -2.37. The van der Waals surface area contributed by atoms with Crippen molar-refractivity contribution in [1.82, 2.24) is 20.2 Å². The van der Waals surface area contributed by atoms with E-state index >= 15 is 0 Å². The Bertz CT molecular complexity index is 1680. The van der Waals surface area contributed by atoms with Crippen LogP contribution in [0.4, 0.5) is 10.1 Å².